The Morgan fingerprint density at radius 2 is 1.81 bits per heavy atom. The average molecular weight is 527 g/mol. The van der Waals surface area contributed by atoms with E-state index in [4.69, 9.17) is 5.73 Å². The first-order chi connectivity index (χ1) is 16.6. The van der Waals surface area contributed by atoms with Gasteiger partial charge in [0.15, 0.2) is 0 Å². The van der Waals surface area contributed by atoms with Gasteiger partial charge in [0.25, 0.3) is 5.91 Å². The summed E-state index contributed by atoms with van der Waals surface area (Å²) in [5.41, 5.74) is 4.56. The number of pyridine rings is 1. The minimum absolute atomic E-state index is 0.0140. The van der Waals surface area contributed by atoms with E-state index in [1.807, 2.05) is 4.57 Å². The maximum Gasteiger partial charge on any atom is 0.407 e. The lowest BCUT2D eigenvalue weighted by Crippen LogP contribution is -2.54. The third-order valence-electron chi connectivity index (χ3n) is 6.61. The SMILES string of the molecule is Cc1cc2c(cc1F)c(C(N)=O)c(-c1ccc(S(=O)(=O)NC(C)(C)C(F)(F)F)cn1)n2C1CCCC1. The zero-order chi connectivity index (χ0) is 26.6. The third kappa shape index (κ3) is 4.47. The largest absolute Gasteiger partial charge is 0.407 e. The summed E-state index contributed by atoms with van der Waals surface area (Å²) in [4.78, 5) is 16.3. The predicted molar refractivity (Wildman–Crippen MR) is 126 cm³/mol. The fraction of sp³-hybridized carbons (Fsp3) is 0.417. The van der Waals surface area contributed by atoms with E-state index in [-0.39, 0.29) is 17.3 Å². The second-order valence-electron chi connectivity index (χ2n) is 9.62. The van der Waals surface area contributed by atoms with E-state index in [0.29, 0.717) is 36.0 Å². The Morgan fingerprint density at radius 1 is 1.17 bits per heavy atom. The molecule has 1 fully saturated rings. The van der Waals surface area contributed by atoms with Gasteiger partial charge in [0.1, 0.15) is 16.3 Å². The van der Waals surface area contributed by atoms with Crippen molar-refractivity contribution in [2.24, 2.45) is 5.73 Å². The average Bonchev–Trinajstić information content (AvgIpc) is 3.38. The fourth-order valence-corrected chi connectivity index (χ4v) is 5.95. The molecular formula is C24H26F4N4O3S. The lowest BCUT2D eigenvalue weighted by molar-refractivity contribution is -0.180. The highest BCUT2D eigenvalue weighted by atomic mass is 32.2. The van der Waals surface area contributed by atoms with Crippen molar-refractivity contribution >= 4 is 26.8 Å². The number of hydrogen-bond acceptors (Lipinski definition) is 4. The summed E-state index contributed by atoms with van der Waals surface area (Å²) in [7, 11) is -4.57. The molecule has 0 atom stereocenters. The lowest BCUT2D eigenvalue weighted by Gasteiger charge is -2.28. The van der Waals surface area contributed by atoms with Crippen molar-refractivity contribution < 1.29 is 30.8 Å². The minimum Gasteiger partial charge on any atom is -0.366 e. The molecule has 1 amide bonds. The van der Waals surface area contributed by atoms with Gasteiger partial charge in [0.05, 0.1) is 22.5 Å². The van der Waals surface area contributed by atoms with Gasteiger partial charge in [-0.15, -0.1) is 0 Å². The molecule has 12 heteroatoms. The first-order valence-corrected chi connectivity index (χ1v) is 12.8. The Balaban J connectivity index is 1.88. The molecular weight excluding hydrogens is 500 g/mol. The molecule has 0 unspecified atom stereocenters. The number of nitrogens with zero attached hydrogens (tertiary/aromatic N) is 2. The number of nitrogens with two attached hydrogens (primary N) is 1. The monoisotopic (exact) mass is 526 g/mol. The van der Waals surface area contributed by atoms with E-state index in [2.05, 4.69) is 4.98 Å². The van der Waals surface area contributed by atoms with Crippen LogP contribution in [0.4, 0.5) is 17.6 Å². The molecule has 1 aromatic carbocycles. The van der Waals surface area contributed by atoms with Gasteiger partial charge in [-0.1, -0.05) is 12.8 Å². The van der Waals surface area contributed by atoms with Gasteiger partial charge < -0.3 is 10.3 Å². The highest BCUT2D eigenvalue weighted by Crippen LogP contribution is 2.41. The number of alkyl halides is 3. The summed E-state index contributed by atoms with van der Waals surface area (Å²) in [6.07, 6.45) is -0.346. The van der Waals surface area contributed by atoms with Crippen LogP contribution in [0.15, 0.2) is 35.4 Å². The van der Waals surface area contributed by atoms with Crippen LogP contribution in [-0.4, -0.2) is 35.6 Å². The van der Waals surface area contributed by atoms with Gasteiger partial charge in [-0.3, -0.25) is 9.78 Å². The summed E-state index contributed by atoms with van der Waals surface area (Å²) < 4.78 is 83.0. The quantitative estimate of drug-likeness (QED) is 0.442. The molecule has 3 aromatic rings. The zero-order valence-electron chi connectivity index (χ0n) is 19.9. The number of rotatable bonds is 6. The molecule has 36 heavy (non-hydrogen) atoms. The van der Waals surface area contributed by atoms with Crippen LogP contribution in [0.3, 0.4) is 0 Å². The first kappa shape index (κ1) is 26.1. The summed E-state index contributed by atoms with van der Waals surface area (Å²) >= 11 is 0. The van der Waals surface area contributed by atoms with Gasteiger partial charge in [-0.25, -0.2) is 12.8 Å². The molecule has 194 valence electrons. The van der Waals surface area contributed by atoms with E-state index >= 15 is 0 Å². The van der Waals surface area contributed by atoms with Gasteiger partial charge in [-0.2, -0.15) is 17.9 Å². The molecule has 2 heterocycles. The maximum atomic E-state index is 14.5. The molecule has 2 aromatic heterocycles. The molecule has 4 rings (SSSR count). The van der Waals surface area contributed by atoms with Crippen molar-refractivity contribution in [2.75, 3.05) is 0 Å². The van der Waals surface area contributed by atoms with Crippen molar-refractivity contribution in [1.82, 2.24) is 14.3 Å². The number of carbonyl (C=O) groups is 1. The molecule has 0 saturated heterocycles. The molecule has 0 aliphatic heterocycles. The number of aromatic nitrogens is 2. The van der Waals surface area contributed by atoms with E-state index < -0.39 is 38.4 Å². The van der Waals surface area contributed by atoms with Crippen LogP contribution in [0.5, 0.6) is 0 Å². The topological polar surface area (TPSA) is 107 Å². The van der Waals surface area contributed by atoms with Gasteiger partial charge >= 0.3 is 6.18 Å². The molecule has 1 saturated carbocycles. The van der Waals surface area contributed by atoms with Crippen molar-refractivity contribution in [2.45, 2.75) is 69.1 Å². The molecule has 3 N–H and O–H groups in total. The van der Waals surface area contributed by atoms with Crippen LogP contribution < -0.4 is 10.5 Å². The van der Waals surface area contributed by atoms with Crippen LogP contribution in [0.25, 0.3) is 22.3 Å². The molecule has 0 bridgehead atoms. The second kappa shape index (κ2) is 8.84. The van der Waals surface area contributed by atoms with Crippen LogP contribution in [0.2, 0.25) is 0 Å². The Bertz CT molecular complexity index is 1440. The number of amides is 1. The van der Waals surface area contributed by atoms with Crippen LogP contribution >= 0.6 is 0 Å². The van der Waals surface area contributed by atoms with Crippen LogP contribution in [0.1, 0.15) is 61.5 Å². The Hall–Kier alpha value is -2.99. The summed E-state index contributed by atoms with van der Waals surface area (Å²) in [6.45, 7) is 3.04. The smallest absolute Gasteiger partial charge is 0.366 e. The van der Waals surface area contributed by atoms with Crippen molar-refractivity contribution in [3.05, 3.63) is 47.4 Å². The first-order valence-electron chi connectivity index (χ1n) is 11.3. The number of fused-ring (bicyclic) bond motifs is 1. The van der Waals surface area contributed by atoms with Gasteiger partial charge in [0.2, 0.25) is 10.0 Å². The van der Waals surface area contributed by atoms with Crippen molar-refractivity contribution in [3.63, 3.8) is 0 Å². The molecule has 7 nitrogen and oxygen atoms in total. The number of nitrogens with one attached hydrogen (secondary N) is 1. The fourth-order valence-electron chi connectivity index (χ4n) is 4.61. The Kier molecular flexibility index (Phi) is 6.40. The number of benzene rings is 1. The van der Waals surface area contributed by atoms with E-state index in [1.165, 1.54) is 12.1 Å². The molecule has 0 spiro atoms. The summed E-state index contributed by atoms with van der Waals surface area (Å²) in [5.74, 6) is -1.31. The highest BCUT2D eigenvalue weighted by Gasteiger charge is 2.49. The van der Waals surface area contributed by atoms with E-state index in [1.54, 1.807) is 17.7 Å². The summed E-state index contributed by atoms with van der Waals surface area (Å²) in [6, 6.07) is 5.30. The minimum atomic E-state index is -4.82. The van der Waals surface area contributed by atoms with E-state index in [0.717, 1.165) is 37.9 Å². The van der Waals surface area contributed by atoms with Crippen LogP contribution in [0, 0.1) is 12.7 Å². The number of carbonyl (C=O) groups excluding carboxylic acids is 1. The normalized spacial score (nSPS) is 15.6. The summed E-state index contributed by atoms with van der Waals surface area (Å²) in [5, 5.41) is 0.319. The number of hydrogen-bond donors (Lipinski definition) is 2. The highest BCUT2D eigenvalue weighted by molar-refractivity contribution is 7.89. The molecule has 0 radical (unpaired) electrons. The predicted octanol–water partition coefficient (Wildman–Crippen LogP) is 4.98. The van der Waals surface area contributed by atoms with Crippen LogP contribution in [-0.2, 0) is 10.0 Å². The van der Waals surface area contributed by atoms with Crippen molar-refractivity contribution in [1.29, 1.82) is 0 Å². The second-order valence-corrected chi connectivity index (χ2v) is 11.3. The standard InChI is InChI=1S/C24H26F4N4O3S/c1-13-10-19-16(11-17(13)25)20(22(29)33)21(32(19)14-6-4-5-7-14)18-9-8-15(12-30-18)36(34,35)31-23(2,3)24(26,27)28/h8-12,14,31H,4-7H2,1-3H3,(H2,29,33). The maximum absolute atomic E-state index is 14.5. The zero-order valence-corrected chi connectivity index (χ0v) is 20.7. The lowest BCUT2D eigenvalue weighted by atomic mass is 10.1. The third-order valence-corrected chi connectivity index (χ3v) is 8.25. The number of aryl methyl sites for hydroxylation is 1. The Morgan fingerprint density at radius 3 is 2.33 bits per heavy atom. The number of primary amides is 1. The number of sulfonamides is 1. The van der Waals surface area contributed by atoms with Gasteiger partial charge in [0, 0.05) is 17.6 Å². The molecule has 1 aliphatic carbocycles. The number of halogens is 4. The van der Waals surface area contributed by atoms with Crippen molar-refractivity contribution in [3.8, 4) is 11.4 Å². The van der Waals surface area contributed by atoms with E-state index in [9.17, 15) is 30.8 Å². The molecule has 1 aliphatic rings. The van der Waals surface area contributed by atoms with Gasteiger partial charge in [-0.05, 0) is 63.4 Å². The Labute approximate surface area is 205 Å².